The molecule has 28 heavy (non-hydrogen) atoms. The fourth-order valence-corrected chi connectivity index (χ4v) is 4.46. The summed E-state index contributed by atoms with van der Waals surface area (Å²) in [5.74, 6) is 0. The van der Waals surface area contributed by atoms with Gasteiger partial charge in [-0.25, -0.2) is 9.07 Å². The number of fused-ring (bicyclic) bond motifs is 1. The summed E-state index contributed by atoms with van der Waals surface area (Å²) in [6.45, 7) is 0.770. The molecule has 8 heteroatoms. The molecule has 2 aromatic heterocycles. The van der Waals surface area contributed by atoms with E-state index in [1.165, 1.54) is 0 Å². The smallest absolute Gasteiger partial charge is 0.150 e. The number of alkyl halides is 1. The van der Waals surface area contributed by atoms with Gasteiger partial charge in [-0.3, -0.25) is 0 Å². The number of aromatic amines is 1. The molecule has 5 nitrogen and oxygen atoms in total. The van der Waals surface area contributed by atoms with E-state index in [-0.39, 0.29) is 12.3 Å². The number of ether oxygens (including phenoxy) is 1. The zero-order chi connectivity index (χ0) is 19.3. The first-order valence-corrected chi connectivity index (χ1v) is 10.4. The van der Waals surface area contributed by atoms with E-state index in [9.17, 15) is 4.39 Å². The van der Waals surface area contributed by atoms with Crippen molar-refractivity contribution in [1.29, 1.82) is 0 Å². The van der Waals surface area contributed by atoms with E-state index in [1.54, 1.807) is 0 Å². The maximum absolute atomic E-state index is 13.3. The van der Waals surface area contributed by atoms with E-state index in [4.69, 9.17) is 27.9 Å². The Hall–Kier alpha value is -1.76. The van der Waals surface area contributed by atoms with E-state index in [1.807, 2.05) is 29.3 Å². The Morgan fingerprint density at radius 1 is 1.29 bits per heavy atom. The fraction of sp³-hybridized carbons (Fsp3) is 0.450. The molecule has 5 rings (SSSR count). The highest BCUT2D eigenvalue weighted by atomic mass is 35.5. The van der Waals surface area contributed by atoms with Gasteiger partial charge >= 0.3 is 0 Å². The van der Waals surface area contributed by atoms with Crippen LogP contribution in [0, 0.1) is 0 Å². The van der Waals surface area contributed by atoms with Gasteiger partial charge in [-0.15, -0.1) is 0 Å². The third-order valence-electron chi connectivity index (χ3n) is 5.65. The summed E-state index contributed by atoms with van der Waals surface area (Å²) in [4.78, 5) is 3.24. The molecule has 2 N–H and O–H groups in total. The van der Waals surface area contributed by atoms with Crippen molar-refractivity contribution in [3.63, 3.8) is 0 Å². The molecule has 1 aliphatic carbocycles. The normalized spacial score (nSPS) is 25.0. The Labute approximate surface area is 172 Å². The maximum Gasteiger partial charge on any atom is 0.150 e. The van der Waals surface area contributed by atoms with Gasteiger partial charge in [0, 0.05) is 47.2 Å². The molecule has 0 bridgehead atoms. The van der Waals surface area contributed by atoms with Gasteiger partial charge in [0.05, 0.1) is 21.8 Å². The number of H-pyrrole nitrogens is 1. The predicted molar refractivity (Wildman–Crippen MR) is 110 cm³/mol. The number of hydrogen-bond acceptors (Lipinski definition) is 3. The average molecular weight is 423 g/mol. The SMILES string of the molecule is F[C@H]1C[C@@H](Nc2cc(Cl)c(Cl)c3[nH]cc(-c4cnn(C5CCCCO5)c4)c23)C1. The predicted octanol–water partition coefficient (Wildman–Crippen LogP) is 5.95. The highest BCUT2D eigenvalue weighted by Crippen LogP contribution is 2.42. The maximum atomic E-state index is 13.3. The van der Waals surface area contributed by atoms with E-state index in [2.05, 4.69) is 15.4 Å². The van der Waals surface area contributed by atoms with Gasteiger partial charge in [0.1, 0.15) is 12.4 Å². The van der Waals surface area contributed by atoms with Gasteiger partial charge < -0.3 is 15.0 Å². The van der Waals surface area contributed by atoms with Gasteiger partial charge in [0.2, 0.25) is 0 Å². The second-order valence-electron chi connectivity index (χ2n) is 7.61. The summed E-state index contributed by atoms with van der Waals surface area (Å²) < 4.78 is 21.0. The van der Waals surface area contributed by atoms with Crippen LogP contribution in [0.4, 0.5) is 10.1 Å². The molecule has 2 aliphatic rings. The molecule has 1 atom stereocenters. The molecule has 148 valence electrons. The number of nitrogens with zero attached hydrogens (tertiary/aromatic N) is 2. The van der Waals surface area contributed by atoms with Crippen LogP contribution in [-0.2, 0) is 4.74 Å². The lowest BCUT2D eigenvalue weighted by Gasteiger charge is -2.31. The summed E-state index contributed by atoms with van der Waals surface area (Å²) in [6.07, 6.45) is 9.26. The topological polar surface area (TPSA) is 54.9 Å². The highest BCUT2D eigenvalue weighted by Gasteiger charge is 2.30. The van der Waals surface area contributed by atoms with Crippen molar-refractivity contribution < 1.29 is 9.13 Å². The lowest BCUT2D eigenvalue weighted by atomic mass is 9.90. The molecule has 1 aliphatic heterocycles. The standard InChI is InChI=1S/C20H21Cl2FN4O/c21-15-7-16(26-13-5-12(23)6-13)18-14(9-24-20(18)19(15)22)11-8-25-27(10-11)17-3-1-2-4-28-17/h7-10,12-13,17,24,26H,1-6H2/t12-,13+,17?. The van der Waals surface area contributed by atoms with Crippen molar-refractivity contribution in [2.75, 3.05) is 11.9 Å². The van der Waals surface area contributed by atoms with Gasteiger partial charge in [-0.05, 0) is 38.2 Å². The van der Waals surface area contributed by atoms with Gasteiger partial charge in [-0.2, -0.15) is 5.10 Å². The molecule has 1 saturated carbocycles. The Morgan fingerprint density at radius 3 is 2.89 bits per heavy atom. The fourth-order valence-electron chi connectivity index (χ4n) is 4.05. The van der Waals surface area contributed by atoms with Crippen molar-refractivity contribution >= 4 is 39.8 Å². The lowest BCUT2D eigenvalue weighted by Crippen LogP contribution is -2.36. The minimum absolute atomic E-state index is 0.0141. The molecule has 0 amide bonds. The quantitative estimate of drug-likeness (QED) is 0.545. The van der Waals surface area contributed by atoms with Crippen molar-refractivity contribution in [3.05, 3.63) is 34.7 Å². The third kappa shape index (κ3) is 3.17. The molecular formula is C20H21Cl2FN4O. The first-order chi connectivity index (χ1) is 13.6. The Balaban J connectivity index is 1.54. The van der Waals surface area contributed by atoms with Gasteiger partial charge in [-0.1, -0.05) is 23.2 Å². The monoisotopic (exact) mass is 422 g/mol. The van der Waals surface area contributed by atoms with Crippen LogP contribution in [0.15, 0.2) is 24.7 Å². The first kappa shape index (κ1) is 18.3. The molecule has 1 saturated heterocycles. The number of hydrogen-bond donors (Lipinski definition) is 2. The summed E-state index contributed by atoms with van der Waals surface area (Å²) >= 11 is 12.8. The van der Waals surface area contributed by atoms with Crippen LogP contribution in [0.2, 0.25) is 10.0 Å². The Kier molecular flexibility index (Phi) is 4.73. The van der Waals surface area contributed by atoms with Crippen LogP contribution < -0.4 is 5.32 Å². The molecule has 0 radical (unpaired) electrons. The van der Waals surface area contributed by atoms with Crippen LogP contribution in [0.3, 0.4) is 0 Å². The molecule has 0 spiro atoms. The van der Waals surface area contributed by atoms with Crippen LogP contribution in [0.25, 0.3) is 22.0 Å². The Bertz CT molecular complexity index is 1010. The molecule has 3 heterocycles. The molecular weight excluding hydrogens is 402 g/mol. The van der Waals surface area contributed by atoms with Crippen LogP contribution in [0.5, 0.6) is 0 Å². The van der Waals surface area contributed by atoms with Crippen LogP contribution in [-0.4, -0.2) is 33.6 Å². The zero-order valence-electron chi connectivity index (χ0n) is 15.2. The zero-order valence-corrected chi connectivity index (χ0v) is 16.7. The summed E-state index contributed by atoms with van der Waals surface area (Å²) in [7, 11) is 0. The molecule has 2 fully saturated rings. The Morgan fingerprint density at radius 2 is 2.14 bits per heavy atom. The number of benzene rings is 1. The molecule has 3 aromatic rings. The van der Waals surface area contributed by atoms with Crippen molar-refractivity contribution in [2.45, 2.75) is 50.5 Å². The van der Waals surface area contributed by atoms with Crippen LogP contribution in [0.1, 0.15) is 38.3 Å². The summed E-state index contributed by atoms with van der Waals surface area (Å²) in [5, 5.41) is 9.84. The number of aromatic nitrogens is 3. The van der Waals surface area contributed by atoms with Crippen molar-refractivity contribution in [2.24, 2.45) is 0 Å². The average Bonchev–Trinajstić information content (AvgIpc) is 3.32. The number of halogens is 3. The molecule has 1 aromatic carbocycles. The lowest BCUT2D eigenvalue weighted by molar-refractivity contribution is -0.0394. The second kappa shape index (κ2) is 7.25. The number of nitrogens with one attached hydrogen (secondary N) is 2. The van der Waals surface area contributed by atoms with E-state index in [0.717, 1.165) is 53.6 Å². The summed E-state index contributed by atoms with van der Waals surface area (Å²) in [6, 6.07) is 1.93. The first-order valence-electron chi connectivity index (χ1n) is 9.66. The minimum Gasteiger partial charge on any atom is -0.381 e. The second-order valence-corrected chi connectivity index (χ2v) is 8.40. The van der Waals surface area contributed by atoms with Gasteiger partial charge in [0.25, 0.3) is 0 Å². The van der Waals surface area contributed by atoms with Crippen molar-refractivity contribution in [3.8, 4) is 11.1 Å². The van der Waals surface area contributed by atoms with Gasteiger partial charge in [0.15, 0.2) is 0 Å². The van der Waals surface area contributed by atoms with Crippen molar-refractivity contribution in [1.82, 2.24) is 14.8 Å². The summed E-state index contributed by atoms with van der Waals surface area (Å²) in [5.41, 5.74) is 3.58. The largest absolute Gasteiger partial charge is 0.381 e. The minimum atomic E-state index is -0.727. The highest BCUT2D eigenvalue weighted by molar-refractivity contribution is 6.46. The van der Waals surface area contributed by atoms with E-state index in [0.29, 0.717) is 22.9 Å². The van der Waals surface area contributed by atoms with E-state index >= 15 is 0 Å². The number of rotatable bonds is 4. The van der Waals surface area contributed by atoms with Crippen LogP contribution >= 0.6 is 23.2 Å². The molecule has 1 unspecified atom stereocenters. The number of anilines is 1. The third-order valence-corrected chi connectivity index (χ3v) is 6.44. The van der Waals surface area contributed by atoms with E-state index < -0.39 is 6.17 Å².